The Kier molecular flexibility index (Phi) is 7.46. The van der Waals surface area contributed by atoms with Crippen LogP contribution in [0, 0.1) is 0 Å². The standard InChI is InChI=1S/C27H34N2/c1-4-6-8-10-22-12-16-24(17-13-22)26-20-21(3)27(29(26)28)25-18-14-23(15-19-25)11-9-7-5-2/h12-20,28H,3-11H2,1-2H3. The van der Waals surface area contributed by atoms with Gasteiger partial charge in [-0.15, -0.1) is 0 Å². The van der Waals surface area contributed by atoms with E-state index in [1.165, 1.54) is 49.7 Å². The van der Waals surface area contributed by atoms with E-state index in [0.29, 0.717) is 0 Å². The fourth-order valence-corrected chi connectivity index (χ4v) is 3.92. The minimum Gasteiger partial charge on any atom is -0.448 e. The molecule has 0 atom stereocenters. The van der Waals surface area contributed by atoms with Crippen LogP contribution in [0.2, 0.25) is 0 Å². The molecule has 1 aliphatic heterocycles. The third-order valence-electron chi connectivity index (χ3n) is 5.69. The summed E-state index contributed by atoms with van der Waals surface area (Å²) in [5.74, 6) is 8.70. The smallest absolute Gasteiger partial charge is 0.215 e. The number of unbranched alkanes of at least 4 members (excludes halogenated alkanes) is 4. The summed E-state index contributed by atoms with van der Waals surface area (Å²) in [4.78, 5) is 0. The monoisotopic (exact) mass is 386 g/mol. The highest BCUT2D eigenvalue weighted by molar-refractivity contribution is 6.14. The van der Waals surface area contributed by atoms with Gasteiger partial charge in [-0.25, -0.2) is 4.68 Å². The summed E-state index contributed by atoms with van der Waals surface area (Å²) in [6.07, 6.45) is 11.8. The van der Waals surface area contributed by atoms with Gasteiger partial charge in [0.05, 0.1) is 0 Å². The maximum atomic E-state index is 8.70. The molecule has 1 aliphatic rings. The molecule has 1 heterocycles. The van der Waals surface area contributed by atoms with E-state index >= 15 is 0 Å². The van der Waals surface area contributed by atoms with E-state index in [4.69, 9.17) is 5.84 Å². The van der Waals surface area contributed by atoms with Gasteiger partial charge in [0.1, 0.15) is 0 Å². The molecule has 0 spiro atoms. The molecule has 0 fully saturated rings. The molecule has 2 aromatic rings. The van der Waals surface area contributed by atoms with Crippen molar-refractivity contribution >= 4 is 11.4 Å². The van der Waals surface area contributed by atoms with Gasteiger partial charge in [0.2, 0.25) is 11.4 Å². The van der Waals surface area contributed by atoms with Crippen LogP contribution in [-0.2, 0) is 12.8 Å². The van der Waals surface area contributed by atoms with Crippen molar-refractivity contribution in [2.75, 3.05) is 0 Å². The second-order valence-corrected chi connectivity index (χ2v) is 8.05. The largest absolute Gasteiger partial charge is 0.448 e. The summed E-state index contributed by atoms with van der Waals surface area (Å²) in [5.41, 5.74) is 7.57. The summed E-state index contributed by atoms with van der Waals surface area (Å²) in [6.45, 7) is 8.68. The predicted molar refractivity (Wildman–Crippen MR) is 125 cm³/mol. The zero-order valence-corrected chi connectivity index (χ0v) is 18.0. The van der Waals surface area contributed by atoms with Crippen molar-refractivity contribution in [1.82, 2.24) is 0 Å². The molecule has 2 heteroatoms. The van der Waals surface area contributed by atoms with E-state index in [1.807, 2.05) is 6.08 Å². The molecule has 0 unspecified atom stereocenters. The van der Waals surface area contributed by atoms with Crippen molar-refractivity contribution in [3.63, 3.8) is 0 Å². The molecule has 0 radical (unpaired) electrons. The van der Waals surface area contributed by atoms with E-state index in [2.05, 4.69) is 69.0 Å². The average Bonchev–Trinajstić information content (AvgIpc) is 3.04. The van der Waals surface area contributed by atoms with Crippen LogP contribution < -0.4 is 0 Å². The molecule has 29 heavy (non-hydrogen) atoms. The molecular weight excluding hydrogens is 352 g/mol. The molecule has 0 saturated carbocycles. The van der Waals surface area contributed by atoms with Gasteiger partial charge in [0.15, 0.2) is 0 Å². The van der Waals surface area contributed by atoms with Crippen molar-refractivity contribution in [3.05, 3.63) is 94.9 Å². The number of aryl methyl sites for hydroxylation is 2. The van der Waals surface area contributed by atoms with E-state index in [0.717, 1.165) is 41.0 Å². The molecule has 0 amide bonds. The van der Waals surface area contributed by atoms with Crippen LogP contribution in [0.3, 0.4) is 0 Å². The van der Waals surface area contributed by atoms with Gasteiger partial charge in [-0.3, -0.25) is 0 Å². The SMILES string of the molecule is C=C1C=C(c2ccc(CCCCC)cc2)[N+]([NH-])=C1c1ccc(CCCCC)cc1. The first kappa shape index (κ1) is 21.1. The van der Waals surface area contributed by atoms with Crippen LogP contribution in [0.5, 0.6) is 0 Å². The van der Waals surface area contributed by atoms with E-state index in [1.54, 1.807) is 4.68 Å². The molecule has 152 valence electrons. The van der Waals surface area contributed by atoms with Crippen LogP contribution >= 0.6 is 0 Å². The number of hydrogen-bond donors (Lipinski definition) is 0. The summed E-state index contributed by atoms with van der Waals surface area (Å²) < 4.78 is 1.54. The minimum atomic E-state index is 0.882. The van der Waals surface area contributed by atoms with Crippen LogP contribution in [0.4, 0.5) is 0 Å². The van der Waals surface area contributed by atoms with E-state index in [9.17, 15) is 0 Å². The fourth-order valence-electron chi connectivity index (χ4n) is 3.92. The van der Waals surface area contributed by atoms with Gasteiger partial charge in [-0.05, 0) is 61.1 Å². The third-order valence-corrected chi connectivity index (χ3v) is 5.69. The lowest BCUT2D eigenvalue weighted by Crippen LogP contribution is -2.10. The summed E-state index contributed by atoms with van der Waals surface area (Å²) >= 11 is 0. The quantitative estimate of drug-likeness (QED) is 0.298. The topological polar surface area (TPSA) is 26.8 Å². The highest BCUT2D eigenvalue weighted by atomic mass is 15.3. The Labute approximate surface area is 176 Å². The van der Waals surface area contributed by atoms with Gasteiger partial charge in [0, 0.05) is 22.8 Å². The maximum Gasteiger partial charge on any atom is 0.215 e. The first-order valence-corrected chi connectivity index (χ1v) is 11.1. The Balaban J connectivity index is 1.74. The van der Waals surface area contributed by atoms with Gasteiger partial charge >= 0.3 is 0 Å². The molecule has 3 rings (SSSR count). The van der Waals surface area contributed by atoms with Crippen molar-refractivity contribution in [2.45, 2.75) is 65.2 Å². The fraction of sp³-hybridized carbons (Fsp3) is 0.370. The first-order chi connectivity index (χ1) is 14.1. The van der Waals surface area contributed by atoms with Crippen molar-refractivity contribution in [1.29, 1.82) is 0 Å². The molecule has 1 N–H and O–H groups in total. The van der Waals surface area contributed by atoms with Crippen LogP contribution in [0.1, 0.15) is 74.6 Å². The minimum absolute atomic E-state index is 0.882. The van der Waals surface area contributed by atoms with Gasteiger partial charge in [-0.1, -0.05) is 70.4 Å². The highest BCUT2D eigenvalue weighted by Gasteiger charge is 2.26. The number of nitrogens with zero attached hydrogens (tertiary/aromatic N) is 1. The Bertz CT molecular complexity index is 883. The maximum absolute atomic E-state index is 8.70. The second kappa shape index (κ2) is 10.2. The third kappa shape index (κ3) is 5.26. The zero-order valence-electron chi connectivity index (χ0n) is 18.0. The lowest BCUT2D eigenvalue weighted by molar-refractivity contribution is -0.347. The predicted octanol–water partition coefficient (Wildman–Crippen LogP) is 7.53. The summed E-state index contributed by atoms with van der Waals surface area (Å²) in [7, 11) is 0. The number of allylic oxidation sites excluding steroid dienone is 2. The normalized spacial score (nSPS) is 13.9. The Morgan fingerprint density at radius 2 is 1.21 bits per heavy atom. The van der Waals surface area contributed by atoms with E-state index < -0.39 is 0 Å². The number of hydrogen-bond acceptors (Lipinski definition) is 0. The Morgan fingerprint density at radius 3 is 1.69 bits per heavy atom. The van der Waals surface area contributed by atoms with Crippen LogP contribution in [0.15, 0.2) is 66.8 Å². The molecule has 0 aromatic heterocycles. The lowest BCUT2D eigenvalue weighted by atomic mass is 10.0. The summed E-state index contributed by atoms with van der Waals surface area (Å²) in [6, 6.07) is 17.3. The lowest BCUT2D eigenvalue weighted by Gasteiger charge is -2.09. The molecule has 2 aromatic carbocycles. The first-order valence-electron chi connectivity index (χ1n) is 11.1. The van der Waals surface area contributed by atoms with Gasteiger partial charge in [-0.2, -0.15) is 0 Å². The molecule has 0 aliphatic carbocycles. The average molecular weight is 387 g/mol. The van der Waals surface area contributed by atoms with E-state index in [-0.39, 0.29) is 0 Å². The van der Waals surface area contributed by atoms with Crippen LogP contribution in [0.25, 0.3) is 11.5 Å². The van der Waals surface area contributed by atoms with Crippen LogP contribution in [-0.4, -0.2) is 10.4 Å². The van der Waals surface area contributed by atoms with Crippen molar-refractivity contribution in [2.24, 2.45) is 0 Å². The Morgan fingerprint density at radius 1 is 0.724 bits per heavy atom. The highest BCUT2D eigenvalue weighted by Crippen LogP contribution is 2.28. The van der Waals surface area contributed by atoms with Crippen molar-refractivity contribution in [3.8, 4) is 0 Å². The molecule has 0 bridgehead atoms. The number of benzene rings is 2. The zero-order chi connectivity index (χ0) is 20.6. The Hall–Kier alpha value is -2.61. The molecule has 0 saturated heterocycles. The van der Waals surface area contributed by atoms with Gasteiger partial charge < -0.3 is 5.84 Å². The van der Waals surface area contributed by atoms with Crippen molar-refractivity contribution < 1.29 is 4.68 Å². The number of nitrogens with one attached hydrogen (secondary N) is 1. The molecule has 2 nitrogen and oxygen atoms in total. The molecular formula is C27H34N2. The van der Waals surface area contributed by atoms with Gasteiger partial charge in [0.25, 0.3) is 0 Å². The number of rotatable bonds is 10. The second-order valence-electron chi connectivity index (χ2n) is 8.05. The summed E-state index contributed by atoms with van der Waals surface area (Å²) in [5, 5.41) is 0.